The summed E-state index contributed by atoms with van der Waals surface area (Å²) in [7, 11) is 0. The highest BCUT2D eigenvalue weighted by molar-refractivity contribution is 5.92. The van der Waals surface area contributed by atoms with Crippen LogP contribution in [-0.4, -0.2) is 12.0 Å². The van der Waals surface area contributed by atoms with Crippen molar-refractivity contribution in [2.75, 3.05) is 5.32 Å². The first kappa shape index (κ1) is 15.5. The number of anilines is 1. The highest BCUT2D eigenvalue weighted by Crippen LogP contribution is 2.25. The largest absolute Gasteiger partial charge is 0.490 e. The first-order valence-corrected chi connectivity index (χ1v) is 8.00. The Labute approximate surface area is 135 Å². The van der Waals surface area contributed by atoms with Crippen molar-refractivity contribution in [3.63, 3.8) is 0 Å². The number of hydrogen-bond acceptors (Lipinski definition) is 2. The average molecular weight is 313 g/mol. The fraction of sp³-hybridized carbons (Fsp3) is 0.316. The quantitative estimate of drug-likeness (QED) is 0.892. The fourth-order valence-electron chi connectivity index (χ4n) is 2.81. The molecule has 1 aliphatic carbocycles. The zero-order chi connectivity index (χ0) is 16.1. The number of carbonyl (C=O) groups excluding carboxylic acids is 1. The molecule has 120 valence electrons. The van der Waals surface area contributed by atoms with Crippen LogP contribution in [0.5, 0.6) is 5.75 Å². The summed E-state index contributed by atoms with van der Waals surface area (Å²) in [5, 5.41) is 2.84. The Morgan fingerprint density at radius 2 is 1.70 bits per heavy atom. The predicted molar refractivity (Wildman–Crippen MR) is 88.1 cm³/mol. The van der Waals surface area contributed by atoms with E-state index >= 15 is 0 Å². The molecule has 23 heavy (non-hydrogen) atoms. The summed E-state index contributed by atoms with van der Waals surface area (Å²) in [6, 6.07) is 13.4. The molecule has 0 bridgehead atoms. The lowest BCUT2D eigenvalue weighted by molar-refractivity contribution is -0.115. The van der Waals surface area contributed by atoms with Crippen LogP contribution < -0.4 is 10.1 Å². The van der Waals surface area contributed by atoms with Crippen LogP contribution in [0, 0.1) is 5.82 Å². The van der Waals surface area contributed by atoms with Gasteiger partial charge in [-0.15, -0.1) is 0 Å². The number of rotatable bonds is 5. The summed E-state index contributed by atoms with van der Waals surface area (Å²) < 4.78 is 18.7. The number of nitrogens with one attached hydrogen (secondary N) is 1. The Balaban J connectivity index is 1.52. The summed E-state index contributed by atoms with van der Waals surface area (Å²) in [6.07, 6.45) is 5.27. The second-order valence-corrected chi connectivity index (χ2v) is 5.90. The van der Waals surface area contributed by atoms with Gasteiger partial charge in [0.25, 0.3) is 0 Å². The van der Waals surface area contributed by atoms with Crippen molar-refractivity contribution in [3.8, 4) is 5.75 Å². The number of carbonyl (C=O) groups is 1. The van der Waals surface area contributed by atoms with Gasteiger partial charge in [0, 0.05) is 5.69 Å². The lowest BCUT2D eigenvalue weighted by atomic mass is 10.1. The fourth-order valence-corrected chi connectivity index (χ4v) is 2.81. The Bertz CT molecular complexity index is 646. The summed E-state index contributed by atoms with van der Waals surface area (Å²) in [4.78, 5) is 12.0. The van der Waals surface area contributed by atoms with Gasteiger partial charge in [-0.1, -0.05) is 12.1 Å². The Kier molecular flexibility index (Phi) is 4.91. The van der Waals surface area contributed by atoms with Gasteiger partial charge < -0.3 is 10.1 Å². The van der Waals surface area contributed by atoms with Crippen molar-refractivity contribution in [2.24, 2.45) is 0 Å². The van der Waals surface area contributed by atoms with Gasteiger partial charge in [0.2, 0.25) is 5.91 Å². The molecule has 0 radical (unpaired) electrons. The predicted octanol–water partition coefficient (Wildman–Crippen LogP) is 4.33. The highest BCUT2D eigenvalue weighted by atomic mass is 19.1. The monoisotopic (exact) mass is 313 g/mol. The number of hydrogen-bond donors (Lipinski definition) is 1. The van der Waals surface area contributed by atoms with Crippen LogP contribution in [0.15, 0.2) is 48.5 Å². The van der Waals surface area contributed by atoms with Crippen molar-refractivity contribution in [1.82, 2.24) is 0 Å². The number of halogens is 1. The topological polar surface area (TPSA) is 38.3 Å². The number of ether oxygens (including phenoxy) is 1. The third kappa shape index (κ3) is 4.55. The minimum Gasteiger partial charge on any atom is -0.490 e. The Hall–Kier alpha value is -2.36. The molecule has 0 aliphatic heterocycles. The minimum atomic E-state index is -0.299. The molecular formula is C19H20FNO2. The van der Waals surface area contributed by atoms with Gasteiger partial charge in [-0.2, -0.15) is 0 Å². The van der Waals surface area contributed by atoms with Gasteiger partial charge in [0.05, 0.1) is 12.5 Å². The standard InChI is InChI=1S/C19H20FNO2/c20-15-7-5-14(6-8-15)13-19(22)21-16-9-11-18(12-10-16)23-17-3-1-2-4-17/h5-12,17H,1-4,13H2,(H,21,22). The second-order valence-electron chi connectivity index (χ2n) is 5.90. The van der Waals surface area contributed by atoms with Crippen molar-refractivity contribution in [3.05, 3.63) is 59.9 Å². The van der Waals surface area contributed by atoms with E-state index in [1.807, 2.05) is 24.3 Å². The van der Waals surface area contributed by atoms with Gasteiger partial charge in [-0.05, 0) is 67.6 Å². The van der Waals surface area contributed by atoms with Crippen molar-refractivity contribution in [1.29, 1.82) is 0 Å². The lowest BCUT2D eigenvalue weighted by Gasteiger charge is -2.13. The SMILES string of the molecule is O=C(Cc1ccc(F)cc1)Nc1ccc(OC2CCCC2)cc1. The Morgan fingerprint density at radius 1 is 1.04 bits per heavy atom. The maximum Gasteiger partial charge on any atom is 0.228 e. The van der Waals surface area contributed by atoms with E-state index in [4.69, 9.17) is 4.74 Å². The second kappa shape index (κ2) is 7.27. The summed E-state index contributed by atoms with van der Waals surface area (Å²) in [5.41, 5.74) is 1.51. The highest BCUT2D eigenvalue weighted by Gasteiger charge is 2.16. The first-order chi connectivity index (χ1) is 11.2. The molecule has 0 heterocycles. The van der Waals surface area contributed by atoms with E-state index in [0.29, 0.717) is 6.10 Å². The van der Waals surface area contributed by atoms with E-state index in [1.165, 1.54) is 25.0 Å². The molecule has 1 N–H and O–H groups in total. The minimum absolute atomic E-state index is 0.124. The van der Waals surface area contributed by atoms with Crippen LogP contribution >= 0.6 is 0 Å². The van der Waals surface area contributed by atoms with E-state index in [9.17, 15) is 9.18 Å². The molecule has 1 fully saturated rings. The zero-order valence-electron chi connectivity index (χ0n) is 12.9. The molecule has 3 rings (SSSR count). The zero-order valence-corrected chi connectivity index (χ0v) is 12.9. The molecule has 3 nitrogen and oxygen atoms in total. The average Bonchev–Trinajstić information content (AvgIpc) is 3.04. The summed E-state index contributed by atoms with van der Waals surface area (Å²) >= 11 is 0. The van der Waals surface area contributed by atoms with Gasteiger partial charge >= 0.3 is 0 Å². The van der Waals surface area contributed by atoms with E-state index < -0.39 is 0 Å². The molecular weight excluding hydrogens is 293 g/mol. The maximum atomic E-state index is 12.8. The van der Waals surface area contributed by atoms with Crippen LogP contribution in [0.2, 0.25) is 0 Å². The Morgan fingerprint density at radius 3 is 2.35 bits per heavy atom. The van der Waals surface area contributed by atoms with Gasteiger partial charge in [-0.3, -0.25) is 4.79 Å². The van der Waals surface area contributed by atoms with E-state index in [0.717, 1.165) is 29.8 Å². The van der Waals surface area contributed by atoms with Gasteiger partial charge in [0.1, 0.15) is 11.6 Å². The molecule has 0 atom stereocenters. The third-order valence-electron chi connectivity index (χ3n) is 4.02. The molecule has 0 spiro atoms. The normalized spacial score (nSPS) is 14.7. The molecule has 0 unspecified atom stereocenters. The van der Waals surface area contributed by atoms with Crippen LogP contribution in [0.3, 0.4) is 0 Å². The van der Waals surface area contributed by atoms with E-state index in [2.05, 4.69) is 5.32 Å². The molecule has 1 aliphatic rings. The van der Waals surface area contributed by atoms with Gasteiger partial charge in [-0.25, -0.2) is 4.39 Å². The molecule has 2 aromatic carbocycles. The molecule has 0 saturated heterocycles. The van der Waals surface area contributed by atoms with Crippen LogP contribution in [-0.2, 0) is 11.2 Å². The summed E-state index contributed by atoms with van der Waals surface area (Å²) in [6.45, 7) is 0. The van der Waals surface area contributed by atoms with Crippen molar-refractivity contribution >= 4 is 11.6 Å². The first-order valence-electron chi connectivity index (χ1n) is 8.00. The molecule has 2 aromatic rings. The third-order valence-corrected chi connectivity index (χ3v) is 4.02. The van der Waals surface area contributed by atoms with Gasteiger partial charge in [0.15, 0.2) is 0 Å². The summed E-state index contributed by atoms with van der Waals surface area (Å²) in [5.74, 6) is 0.418. The smallest absolute Gasteiger partial charge is 0.228 e. The van der Waals surface area contributed by atoms with E-state index in [1.54, 1.807) is 12.1 Å². The molecule has 0 aromatic heterocycles. The van der Waals surface area contributed by atoms with Crippen LogP contribution in [0.25, 0.3) is 0 Å². The van der Waals surface area contributed by atoms with Crippen molar-refractivity contribution < 1.29 is 13.9 Å². The van der Waals surface area contributed by atoms with Crippen LogP contribution in [0.4, 0.5) is 10.1 Å². The number of benzene rings is 2. The lowest BCUT2D eigenvalue weighted by Crippen LogP contribution is -2.14. The number of amides is 1. The molecule has 1 amide bonds. The molecule has 4 heteroatoms. The maximum absolute atomic E-state index is 12.8. The van der Waals surface area contributed by atoms with E-state index in [-0.39, 0.29) is 18.1 Å². The van der Waals surface area contributed by atoms with Crippen molar-refractivity contribution in [2.45, 2.75) is 38.2 Å². The molecule has 1 saturated carbocycles. The van der Waals surface area contributed by atoms with Crippen LogP contribution in [0.1, 0.15) is 31.2 Å².